The lowest BCUT2D eigenvalue weighted by atomic mass is 10.1. The first-order valence-corrected chi connectivity index (χ1v) is 5.50. The molecule has 1 aromatic heterocycles. The molecule has 0 radical (unpaired) electrons. The fraction of sp³-hybridized carbons (Fsp3) is 0.100. The smallest absolute Gasteiger partial charge is 0.278 e. The molecule has 3 N–H and O–H groups in total. The van der Waals surface area contributed by atoms with Gasteiger partial charge in [0.05, 0.1) is 5.56 Å². The Morgan fingerprint density at radius 1 is 1.17 bits per heavy atom. The molecule has 96 valence electrons. The topological polar surface area (TPSA) is 40.2 Å². The first kappa shape index (κ1) is 12.7. The zero-order chi connectivity index (χ0) is 13.5. The number of aromatic nitrogens is 1. The molecule has 0 amide bonds. The lowest BCUT2D eigenvalue weighted by Gasteiger charge is -2.10. The van der Waals surface area contributed by atoms with Gasteiger partial charge in [-0.2, -0.15) is 13.2 Å². The van der Waals surface area contributed by atoms with Crippen LogP contribution >= 0.6 is 11.3 Å². The number of hydrogen-bond donors (Lipinski definition) is 1. The highest BCUT2D eigenvalue weighted by molar-refractivity contribution is 7.13. The van der Waals surface area contributed by atoms with E-state index < -0.39 is 23.4 Å². The van der Waals surface area contributed by atoms with Gasteiger partial charge in [-0.25, -0.2) is 13.8 Å². The van der Waals surface area contributed by atoms with E-state index in [4.69, 9.17) is 5.73 Å². The van der Waals surface area contributed by atoms with Crippen LogP contribution in [-0.4, -0.2) is 0 Å². The summed E-state index contributed by atoms with van der Waals surface area (Å²) >= 11 is 1.01. The molecule has 0 bridgehead atoms. The summed E-state index contributed by atoms with van der Waals surface area (Å²) in [6.07, 6.45) is -5.09. The van der Waals surface area contributed by atoms with Gasteiger partial charge in [-0.1, -0.05) is 11.3 Å². The van der Waals surface area contributed by atoms with Gasteiger partial charge in [0.2, 0.25) is 0 Å². The first-order chi connectivity index (χ1) is 8.30. The van der Waals surface area contributed by atoms with Crippen molar-refractivity contribution in [1.29, 1.82) is 0 Å². The van der Waals surface area contributed by atoms with Crippen molar-refractivity contribution in [3.05, 3.63) is 34.7 Å². The number of nitrogen functional groups attached to an aromatic ring is 1. The highest BCUT2D eigenvalue weighted by atomic mass is 32.1. The predicted octanol–water partition coefficient (Wildman–Crippen LogP) is 3.11. The minimum atomic E-state index is -5.09. The minimum Gasteiger partial charge on any atom is -0.278 e. The second kappa shape index (κ2) is 4.20. The van der Waals surface area contributed by atoms with Crippen LogP contribution in [0.5, 0.6) is 0 Å². The van der Waals surface area contributed by atoms with E-state index in [0.717, 1.165) is 17.4 Å². The van der Waals surface area contributed by atoms with Crippen molar-refractivity contribution < 1.29 is 26.9 Å². The Morgan fingerprint density at radius 2 is 1.83 bits per heavy atom. The number of thiazole rings is 1. The van der Waals surface area contributed by atoms with Gasteiger partial charge in [0.15, 0.2) is 0 Å². The average Bonchev–Trinajstić information content (AvgIpc) is 2.62. The molecule has 2 rings (SSSR count). The third-order valence-electron chi connectivity index (χ3n) is 2.23. The van der Waals surface area contributed by atoms with Crippen LogP contribution in [-0.2, 0) is 6.18 Å². The van der Waals surface area contributed by atoms with E-state index in [-0.39, 0.29) is 16.4 Å². The monoisotopic (exact) mass is 281 g/mol. The summed E-state index contributed by atoms with van der Waals surface area (Å²) in [7, 11) is 0. The molecule has 0 spiro atoms. The van der Waals surface area contributed by atoms with Gasteiger partial charge >= 0.3 is 11.3 Å². The van der Waals surface area contributed by atoms with Crippen LogP contribution in [0, 0.1) is 11.6 Å². The molecular weight excluding hydrogens is 275 g/mol. The molecule has 1 heterocycles. The van der Waals surface area contributed by atoms with Crippen LogP contribution in [0.3, 0.4) is 0 Å². The van der Waals surface area contributed by atoms with Crippen LogP contribution in [0.4, 0.5) is 27.1 Å². The molecule has 0 atom stereocenters. The first-order valence-electron chi connectivity index (χ1n) is 4.62. The third kappa shape index (κ3) is 2.15. The van der Waals surface area contributed by atoms with Crippen molar-refractivity contribution in [2.45, 2.75) is 6.18 Å². The number of alkyl halides is 3. The van der Waals surface area contributed by atoms with Crippen LogP contribution in [0.15, 0.2) is 17.5 Å². The summed E-state index contributed by atoms with van der Waals surface area (Å²) in [6.45, 7) is 0. The Bertz CT molecular complexity index is 590. The standard InChI is InChI=1S/C10H5F5N2S/c11-5-2-1-4(6-3-18-9(16)17-6)8(12)7(5)10(13,14)15/h1-3H,(H2,16,17)/p+1. The molecule has 0 saturated heterocycles. The Kier molecular flexibility index (Phi) is 2.97. The highest BCUT2D eigenvalue weighted by Gasteiger charge is 2.39. The largest absolute Gasteiger partial charge is 0.422 e. The molecule has 18 heavy (non-hydrogen) atoms. The van der Waals surface area contributed by atoms with Crippen LogP contribution in [0.2, 0.25) is 0 Å². The Morgan fingerprint density at radius 3 is 2.33 bits per heavy atom. The minimum absolute atomic E-state index is 0.0699. The number of nitrogens with two attached hydrogens (primary N) is 1. The number of anilines is 1. The summed E-state index contributed by atoms with van der Waals surface area (Å²) in [4.78, 5) is 2.50. The molecule has 1 aromatic carbocycles. The van der Waals surface area contributed by atoms with Gasteiger partial charge in [-0.15, -0.1) is 0 Å². The Balaban J connectivity index is 2.65. The average molecular weight is 281 g/mol. The SMILES string of the molecule is Nc1[nH+]c(-c2ccc(F)c(C(F)(F)F)c2F)cs1. The molecule has 0 fully saturated rings. The molecule has 0 saturated carbocycles. The molecule has 2 aromatic rings. The van der Waals surface area contributed by atoms with E-state index in [2.05, 4.69) is 4.98 Å². The van der Waals surface area contributed by atoms with Crippen LogP contribution in [0.1, 0.15) is 5.56 Å². The fourth-order valence-corrected chi connectivity index (χ4v) is 2.06. The number of H-pyrrole nitrogens is 1. The fourth-order valence-electron chi connectivity index (χ4n) is 1.47. The number of benzene rings is 1. The van der Waals surface area contributed by atoms with Crippen molar-refractivity contribution in [1.82, 2.24) is 0 Å². The number of hydrogen-bond acceptors (Lipinski definition) is 2. The second-order valence-electron chi connectivity index (χ2n) is 3.42. The van der Waals surface area contributed by atoms with E-state index in [1.54, 1.807) is 0 Å². The molecule has 0 aliphatic rings. The zero-order valence-corrected chi connectivity index (χ0v) is 9.42. The van der Waals surface area contributed by atoms with E-state index in [9.17, 15) is 22.0 Å². The van der Waals surface area contributed by atoms with Gasteiger partial charge in [0.1, 0.15) is 22.9 Å². The number of rotatable bonds is 1. The van der Waals surface area contributed by atoms with E-state index in [1.807, 2.05) is 0 Å². The zero-order valence-electron chi connectivity index (χ0n) is 8.61. The second-order valence-corrected chi connectivity index (χ2v) is 4.33. The Hall–Kier alpha value is -1.70. The van der Waals surface area contributed by atoms with Gasteiger partial charge in [0.25, 0.3) is 0 Å². The highest BCUT2D eigenvalue weighted by Crippen LogP contribution is 2.37. The van der Waals surface area contributed by atoms with Crippen molar-refractivity contribution in [2.75, 3.05) is 5.73 Å². The van der Waals surface area contributed by atoms with E-state index in [1.165, 1.54) is 5.38 Å². The molecular formula is C10H6F5N2S+. The maximum atomic E-state index is 13.7. The predicted molar refractivity (Wildman–Crippen MR) is 55.6 cm³/mol. The maximum Gasteiger partial charge on any atom is 0.422 e. The summed E-state index contributed by atoms with van der Waals surface area (Å²) in [6, 6.07) is 1.50. The molecule has 8 heteroatoms. The normalized spacial score (nSPS) is 11.8. The number of halogens is 5. The van der Waals surface area contributed by atoms with Crippen molar-refractivity contribution >= 4 is 16.5 Å². The Labute approximate surface area is 102 Å². The molecule has 0 unspecified atom stereocenters. The van der Waals surface area contributed by atoms with Crippen molar-refractivity contribution in [3.8, 4) is 11.3 Å². The quantitative estimate of drug-likeness (QED) is 0.802. The van der Waals surface area contributed by atoms with Crippen LogP contribution < -0.4 is 10.7 Å². The van der Waals surface area contributed by atoms with Gasteiger partial charge in [0, 0.05) is 5.38 Å². The van der Waals surface area contributed by atoms with Crippen molar-refractivity contribution in [2.24, 2.45) is 0 Å². The van der Waals surface area contributed by atoms with Gasteiger partial charge in [-0.05, 0) is 12.1 Å². The number of nitrogens with one attached hydrogen (secondary N) is 1. The lowest BCUT2D eigenvalue weighted by molar-refractivity contribution is -0.340. The summed E-state index contributed by atoms with van der Waals surface area (Å²) < 4.78 is 64.3. The maximum absolute atomic E-state index is 13.7. The van der Waals surface area contributed by atoms with Crippen molar-refractivity contribution in [3.63, 3.8) is 0 Å². The summed E-state index contributed by atoms with van der Waals surface area (Å²) in [5.41, 5.74) is 3.15. The third-order valence-corrected chi connectivity index (χ3v) is 2.94. The lowest BCUT2D eigenvalue weighted by Crippen LogP contribution is -2.14. The van der Waals surface area contributed by atoms with Gasteiger partial charge < -0.3 is 0 Å². The van der Waals surface area contributed by atoms with E-state index >= 15 is 0 Å². The summed E-state index contributed by atoms with van der Waals surface area (Å²) in [5.74, 6) is -3.30. The van der Waals surface area contributed by atoms with E-state index in [0.29, 0.717) is 6.07 Å². The van der Waals surface area contributed by atoms with Crippen LogP contribution in [0.25, 0.3) is 11.3 Å². The number of aromatic amines is 1. The van der Waals surface area contributed by atoms with Gasteiger partial charge in [-0.3, -0.25) is 5.73 Å². The molecule has 2 nitrogen and oxygen atoms in total. The summed E-state index contributed by atoms with van der Waals surface area (Å²) in [5, 5.41) is 1.56. The molecule has 0 aliphatic carbocycles. The molecule has 0 aliphatic heterocycles.